The normalized spacial score (nSPS) is 16.8. The lowest BCUT2D eigenvalue weighted by atomic mass is 10.1. The molecule has 1 N–H and O–H groups in total. The number of aryl methyl sites for hydroxylation is 1. The van der Waals surface area contributed by atoms with Crippen molar-refractivity contribution in [1.82, 2.24) is 5.01 Å². The lowest BCUT2D eigenvalue weighted by molar-refractivity contribution is -0.385. The number of piperidine rings is 1. The van der Waals surface area contributed by atoms with E-state index in [9.17, 15) is 10.1 Å². The summed E-state index contributed by atoms with van der Waals surface area (Å²) >= 11 is 0. The van der Waals surface area contributed by atoms with Gasteiger partial charge >= 0.3 is 0 Å². The Bertz CT molecular complexity index is 414. The van der Waals surface area contributed by atoms with E-state index in [0.717, 1.165) is 18.8 Å². The zero-order valence-electron chi connectivity index (χ0n) is 9.98. The van der Waals surface area contributed by atoms with Crippen molar-refractivity contribution in [2.45, 2.75) is 26.2 Å². The Morgan fingerprint density at radius 1 is 1.29 bits per heavy atom. The highest BCUT2D eigenvalue weighted by atomic mass is 16.6. The van der Waals surface area contributed by atoms with Gasteiger partial charge in [-0.05, 0) is 31.9 Å². The fraction of sp³-hybridized carbons (Fsp3) is 0.500. The van der Waals surface area contributed by atoms with E-state index in [1.54, 1.807) is 19.1 Å². The minimum absolute atomic E-state index is 0.175. The van der Waals surface area contributed by atoms with Gasteiger partial charge in [-0.25, -0.2) is 5.01 Å². The Hall–Kier alpha value is -1.62. The molecule has 1 aromatic carbocycles. The number of anilines is 1. The second-order valence-corrected chi connectivity index (χ2v) is 4.42. The van der Waals surface area contributed by atoms with Crippen molar-refractivity contribution in [3.8, 4) is 0 Å². The van der Waals surface area contributed by atoms with Crippen LogP contribution < -0.4 is 5.43 Å². The van der Waals surface area contributed by atoms with Crippen molar-refractivity contribution in [2.24, 2.45) is 0 Å². The summed E-state index contributed by atoms with van der Waals surface area (Å²) in [6.45, 7) is 3.84. The molecule has 1 aromatic rings. The van der Waals surface area contributed by atoms with Crippen LogP contribution in [-0.4, -0.2) is 23.0 Å². The fourth-order valence-electron chi connectivity index (χ4n) is 2.12. The van der Waals surface area contributed by atoms with Crippen molar-refractivity contribution in [3.63, 3.8) is 0 Å². The van der Waals surface area contributed by atoms with Crippen molar-refractivity contribution < 1.29 is 4.92 Å². The molecule has 5 nitrogen and oxygen atoms in total. The molecule has 1 saturated heterocycles. The van der Waals surface area contributed by atoms with Gasteiger partial charge in [0.15, 0.2) is 0 Å². The summed E-state index contributed by atoms with van der Waals surface area (Å²) < 4.78 is 0. The van der Waals surface area contributed by atoms with E-state index >= 15 is 0 Å². The molecule has 0 bridgehead atoms. The number of nitro groups is 1. The van der Waals surface area contributed by atoms with Crippen LogP contribution in [0.5, 0.6) is 0 Å². The third kappa shape index (κ3) is 2.94. The zero-order valence-corrected chi connectivity index (χ0v) is 9.98. The lowest BCUT2D eigenvalue weighted by Crippen LogP contribution is -2.34. The first-order valence-corrected chi connectivity index (χ1v) is 5.93. The Morgan fingerprint density at radius 2 is 2.00 bits per heavy atom. The Balaban J connectivity index is 2.06. The van der Waals surface area contributed by atoms with Crippen LogP contribution in [0.1, 0.15) is 24.8 Å². The van der Waals surface area contributed by atoms with Gasteiger partial charge in [0.05, 0.1) is 4.92 Å². The lowest BCUT2D eigenvalue weighted by Gasteiger charge is -2.27. The van der Waals surface area contributed by atoms with Gasteiger partial charge in [-0.3, -0.25) is 10.1 Å². The van der Waals surface area contributed by atoms with Crippen LogP contribution in [-0.2, 0) is 0 Å². The summed E-state index contributed by atoms with van der Waals surface area (Å²) in [5.74, 6) is 0. The number of nitrogens with one attached hydrogen (secondary N) is 1. The highest BCUT2D eigenvalue weighted by Gasteiger charge is 2.13. The number of hydrazine groups is 1. The predicted molar refractivity (Wildman–Crippen MR) is 66.9 cm³/mol. The molecule has 0 spiro atoms. The second kappa shape index (κ2) is 5.14. The number of benzene rings is 1. The molecule has 0 radical (unpaired) electrons. The molecule has 0 aliphatic carbocycles. The van der Waals surface area contributed by atoms with Gasteiger partial charge in [0.25, 0.3) is 5.69 Å². The summed E-state index contributed by atoms with van der Waals surface area (Å²) in [5, 5.41) is 12.9. The molecule has 5 heteroatoms. The van der Waals surface area contributed by atoms with Crippen LogP contribution in [0.25, 0.3) is 0 Å². The highest BCUT2D eigenvalue weighted by Crippen LogP contribution is 2.22. The predicted octanol–water partition coefficient (Wildman–Crippen LogP) is 2.72. The number of hydrogen-bond donors (Lipinski definition) is 1. The average molecular weight is 235 g/mol. The van der Waals surface area contributed by atoms with E-state index in [-0.39, 0.29) is 10.6 Å². The number of rotatable bonds is 3. The van der Waals surface area contributed by atoms with E-state index in [2.05, 4.69) is 10.4 Å². The first kappa shape index (κ1) is 11.9. The van der Waals surface area contributed by atoms with Crippen molar-refractivity contribution in [3.05, 3.63) is 33.9 Å². The molecule has 0 aromatic heterocycles. The maximum atomic E-state index is 10.7. The van der Waals surface area contributed by atoms with E-state index in [1.807, 2.05) is 6.07 Å². The number of nitrogens with zero attached hydrogens (tertiary/aromatic N) is 2. The summed E-state index contributed by atoms with van der Waals surface area (Å²) in [5.41, 5.74) is 5.09. The average Bonchev–Trinajstić information content (AvgIpc) is 2.30. The van der Waals surface area contributed by atoms with Crippen LogP contribution in [0.4, 0.5) is 11.4 Å². The first-order chi connectivity index (χ1) is 8.16. The Kier molecular flexibility index (Phi) is 3.58. The van der Waals surface area contributed by atoms with Gasteiger partial charge in [0.1, 0.15) is 0 Å². The van der Waals surface area contributed by atoms with Crippen molar-refractivity contribution >= 4 is 11.4 Å². The minimum atomic E-state index is -0.347. The molecule has 1 aliphatic rings. The summed E-state index contributed by atoms with van der Waals surface area (Å²) in [6, 6.07) is 5.15. The van der Waals surface area contributed by atoms with E-state index in [4.69, 9.17) is 0 Å². The molecule has 1 fully saturated rings. The maximum Gasteiger partial charge on any atom is 0.272 e. The molecule has 17 heavy (non-hydrogen) atoms. The van der Waals surface area contributed by atoms with Gasteiger partial charge in [-0.15, -0.1) is 0 Å². The summed E-state index contributed by atoms with van der Waals surface area (Å²) in [7, 11) is 0. The molecule has 0 unspecified atom stereocenters. The number of hydrogen-bond acceptors (Lipinski definition) is 4. The van der Waals surface area contributed by atoms with Crippen LogP contribution in [0.15, 0.2) is 18.2 Å². The molecule has 0 saturated carbocycles. The zero-order chi connectivity index (χ0) is 12.3. The van der Waals surface area contributed by atoms with E-state index in [1.165, 1.54) is 19.3 Å². The molecule has 0 amide bonds. The van der Waals surface area contributed by atoms with Gasteiger partial charge in [-0.2, -0.15) is 0 Å². The van der Waals surface area contributed by atoms with Crippen molar-refractivity contribution in [2.75, 3.05) is 18.5 Å². The fourth-order valence-corrected chi connectivity index (χ4v) is 2.12. The van der Waals surface area contributed by atoms with Gasteiger partial charge in [0, 0.05) is 30.4 Å². The Morgan fingerprint density at radius 3 is 2.59 bits per heavy atom. The SMILES string of the molecule is Cc1cc(NN2CCCCC2)ccc1[N+](=O)[O-]. The molecule has 0 atom stereocenters. The standard InChI is InChI=1S/C12H17N3O2/c1-10-9-11(5-6-12(10)15(16)17)13-14-7-3-2-4-8-14/h5-6,9,13H,2-4,7-8H2,1H3. The third-order valence-corrected chi connectivity index (χ3v) is 3.04. The highest BCUT2D eigenvalue weighted by molar-refractivity contribution is 5.53. The Labute approximate surface area is 101 Å². The van der Waals surface area contributed by atoms with Gasteiger partial charge < -0.3 is 5.43 Å². The van der Waals surface area contributed by atoms with Crippen LogP contribution in [0.3, 0.4) is 0 Å². The molecule has 92 valence electrons. The molecule has 1 heterocycles. The quantitative estimate of drug-likeness (QED) is 0.646. The second-order valence-electron chi connectivity index (χ2n) is 4.42. The number of nitro benzene ring substituents is 1. The monoisotopic (exact) mass is 235 g/mol. The van der Waals surface area contributed by atoms with Gasteiger partial charge in [0.2, 0.25) is 0 Å². The van der Waals surface area contributed by atoms with Crippen molar-refractivity contribution in [1.29, 1.82) is 0 Å². The maximum absolute atomic E-state index is 10.7. The van der Waals surface area contributed by atoms with E-state index in [0.29, 0.717) is 5.56 Å². The van der Waals surface area contributed by atoms with Crippen LogP contribution in [0, 0.1) is 17.0 Å². The van der Waals surface area contributed by atoms with E-state index < -0.39 is 0 Å². The third-order valence-electron chi connectivity index (χ3n) is 3.04. The molecule has 2 rings (SSSR count). The topological polar surface area (TPSA) is 58.4 Å². The summed E-state index contributed by atoms with van der Waals surface area (Å²) in [4.78, 5) is 10.4. The first-order valence-electron chi connectivity index (χ1n) is 5.93. The smallest absolute Gasteiger partial charge is 0.272 e. The van der Waals surface area contributed by atoms with Crippen LogP contribution in [0.2, 0.25) is 0 Å². The molecular weight excluding hydrogens is 218 g/mol. The molecular formula is C12H17N3O2. The summed E-state index contributed by atoms with van der Waals surface area (Å²) in [6.07, 6.45) is 3.70. The molecule has 1 aliphatic heterocycles. The van der Waals surface area contributed by atoms with Crippen LogP contribution >= 0.6 is 0 Å². The minimum Gasteiger partial charge on any atom is -0.319 e. The van der Waals surface area contributed by atoms with Gasteiger partial charge in [-0.1, -0.05) is 6.42 Å². The largest absolute Gasteiger partial charge is 0.319 e.